The standard InChI is InChI=1S/C18H22N2O4S2/c1-14-5-7-15(8-6-14)13-26(23,24)19-17-10-9-16-4-3-11-20(18(16)12-17)25(2,21)22/h5-10,12,19H,3-4,11,13H2,1-2H3. The molecular weight excluding hydrogens is 372 g/mol. The van der Waals surface area contributed by atoms with Gasteiger partial charge in [-0.2, -0.15) is 0 Å². The second-order valence-electron chi connectivity index (χ2n) is 6.63. The van der Waals surface area contributed by atoms with Gasteiger partial charge in [0.1, 0.15) is 0 Å². The number of anilines is 2. The van der Waals surface area contributed by atoms with E-state index in [1.807, 2.05) is 19.1 Å². The van der Waals surface area contributed by atoms with Gasteiger partial charge in [0.05, 0.1) is 23.4 Å². The summed E-state index contributed by atoms with van der Waals surface area (Å²) in [5.74, 6) is -0.139. The van der Waals surface area contributed by atoms with Gasteiger partial charge in [0, 0.05) is 6.54 Å². The van der Waals surface area contributed by atoms with Gasteiger partial charge in [-0.25, -0.2) is 16.8 Å². The molecule has 0 aromatic heterocycles. The van der Waals surface area contributed by atoms with Gasteiger partial charge in [0.15, 0.2) is 0 Å². The molecule has 1 aliphatic rings. The van der Waals surface area contributed by atoms with Crippen molar-refractivity contribution < 1.29 is 16.8 Å². The number of benzene rings is 2. The van der Waals surface area contributed by atoms with Crippen molar-refractivity contribution in [2.24, 2.45) is 0 Å². The number of sulfonamides is 2. The first-order valence-corrected chi connectivity index (χ1v) is 11.8. The van der Waals surface area contributed by atoms with Crippen molar-refractivity contribution in [2.45, 2.75) is 25.5 Å². The normalized spacial score (nSPS) is 14.8. The Labute approximate surface area is 155 Å². The van der Waals surface area contributed by atoms with Crippen LogP contribution in [0.1, 0.15) is 23.1 Å². The molecule has 0 amide bonds. The van der Waals surface area contributed by atoms with Gasteiger partial charge >= 0.3 is 0 Å². The maximum Gasteiger partial charge on any atom is 0.236 e. The van der Waals surface area contributed by atoms with Crippen LogP contribution in [0.5, 0.6) is 0 Å². The molecule has 0 spiro atoms. The SMILES string of the molecule is Cc1ccc(CS(=O)(=O)Nc2ccc3c(c2)N(S(C)(=O)=O)CCC3)cc1. The molecule has 2 aromatic carbocycles. The summed E-state index contributed by atoms with van der Waals surface area (Å²) in [6.45, 7) is 2.35. The van der Waals surface area contributed by atoms with E-state index in [1.165, 1.54) is 4.31 Å². The predicted molar refractivity (Wildman–Crippen MR) is 104 cm³/mol. The van der Waals surface area contributed by atoms with Crippen LogP contribution in [0.3, 0.4) is 0 Å². The number of aryl methyl sites for hydroxylation is 2. The van der Waals surface area contributed by atoms with Gasteiger partial charge in [0.25, 0.3) is 0 Å². The Morgan fingerprint density at radius 2 is 1.73 bits per heavy atom. The molecule has 0 fully saturated rings. The Hall–Kier alpha value is -2.06. The highest BCUT2D eigenvalue weighted by atomic mass is 32.2. The van der Waals surface area contributed by atoms with Crippen LogP contribution in [0.2, 0.25) is 0 Å². The van der Waals surface area contributed by atoms with Crippen molar-refractivity contribution in [3.8, 4) is 0 Å². The summed E-state index contributed by atoms with van der Waals surface area (Å²) in [6, 6.07) is 12.4. The summed E-state index contributed by atoms with van der Waals surface area (Å²) >= 11 is 0. The lowest BCUT2D eigenvalue weighted by molar-refractivity contribution is 0.592. The second kappa shape index (κ2) is 6.92. The number of rotatable bonds is 5. The van der Waals surface area contributed by atoms with E-state index < -0.39 is 20.0 Å². The van der Waals surface area contributed by atoms with Gasteiger partial charge in [-0.3, -0.25) is 9.03 Å². The Morgan fingerprint density at radius 3 is 2.38 bits per heavy atom. The summed E-state index contributed by atoms with van der Waals surface area (Å²) in [6.07, 6.45) is 2.69. The molecular formula is C18H22N2O4S2. The fourth-order valence-corrected chi connectivity index (χ4v) is 5.25. The molecule has 0 bridgehead atoms. The number of nitrogens with one attached hydrogen (secondary N) is 1. The number of hydrogen-bond donors (Lipinski definition) is 1. The minimum Gasteiger partial charge on any atom is -0.283 e. The smallest absolute Gasteiger partial charge is 0.236 e. The summed E-state index contributed by atoms with van der Waals surface area (Å²) in [5, 5.41) is 0. The third-order valence-electron chi connectivity index (χ3n) is 4.31. The molecule has 26 heavy (non-hydrogen) atoms. The Morgan fingerprint density at radius 1 is 1.04 bits per heavy atom. The van der Waals surface area contributed by atoms with E-state index in [-0.39, 0.29) is 5.75 Å². The van der Waals surface area contributed by atoms with Crippen LogP contribution >= 0.6 is 0 Å². The van der Waals surface area contributed by atoms with Crippen molar-refractivity contribution in [2.75, 3.05) is 21.8 Å². The Kier molecular flexibility index (Phi) is 4.98. The Balaban J connectivity index is 1.85. The zero-order chi connectivity index (χ0) is 18.9. The highest BCUT2D eigenvalue weighted by Gasteiger charge is 2.24. The zero-order valence-electron chi connectivity index (χ0n) is 14.8. The predicted octanol–water partition coefficient (Wildman–Crippen LogP) is 2.65. The van der Waals surface area contributed by atoms with E-state index in [0.717, 1.165) is 30.2 Å². The molecule has 0 saturated carbocycles. The van der Waals surface area contributed by atoms with Gasteiger partial charge in [-0.1, -0.05) is 35.9 Å². The third-order valence-corrected chi connectivity index (χ3v) is 6.75. The van der Waals surface area contributed by atoms with Crippen LogP contribution in [0.4, 0.5) is 11.4 Å². The lowest BCUT2D eigenvalue weighted by atomic mass is 10.0. The largest absolute Gasteiger partial charge is 0.283 e. The van der Waals surface area contributed by atoms with E-state index in [9.17, 15) is 16.8 Å². The summed E-state index contributed by atoms with van der Waals surface area (Å²) in [7, 11) is -6.99. The maximum atomic E-state index is 12.5. The van der Waals surface area contributed by atoms with Gasteiger partial charge in [0.2, 0.25) is 20.0 Å². The Bertz CT molecular complexity index is 1010. The van der Waals surface area contributed by atoms with Crippen LogP contribution in [0, 0.1) is 6.92 Å². The lowest BCUT2D eigenvalue weighted by Gasteiger charge is -2.29. The number of fused-ring (bicyclic) bond motifs is 1. The molecule has 8 heteroatoms. The molecule has 0 radical (unpaired) electrons. The van der Waals surface area contributed by atoms with E-state index in [2.05, 4.69) is 4.72 Å². The van der Waals surface area contributed by atoms with Crippen molar-refractivity contribution >= 4 is 31.4 Å². The summed E-state index contributed by atoms with van der Waals surface area (Å²) < 4.78 is 52.8. The molecule has 1 heterocycles. The molecule has 0 aliphatic carbocycles. The quantitative estimate of drug-likeness (QED) is 0.845. The van der Waals surface area contributed by atoms with Gasteiger partial charge in [-0.05, 0) is 43.0 Å². The van der Waals surface area contributed by atoms with E-state index in [1.54, 1.807) is 30.3 Å². The first-order valence-electron chi connectivity index (χ1n) is 8.31. The van der Waals surface area contributed by atoms with E-state index >= 15 is 0 Å². The first-order chi connectivity index (χ1) is 12.1. The molecule has 3 rings (SSSR count). The molecule has 6 nitrogen and oxygen atoms in total. The van der Waals surface area contributed by atoms with Crippen LogP contribution in [0.25, 0.3) is 0 Å². The monoisotopic (exact) mass is 394 g/mol. The molecule has 0 saturated heterocycles. The zero-order valence-corrected chi connectivity index (χ0v) is 16.4. The average molecular weight is 395 g/mol. The van der Waals surface area contributed by atoms with Crippen LogP contribution < -0.4 is 9.03 Å². The van der Waals surface area contributed by atoms with Crippen LogP contribution in [-0.2, 0) is 32.2 Å². The van der Waals surface area contributed by atoms with Gasteiger partial charge in [-0.15, -0.1) is 0 Å². The van der Waals surface area contributed by atoms with Crippen molar-refractivity contribution in [3.63, 3.8) is 0 Å². The van der Waals surface area contributed by atoms with Crippen LogP contribution in [0.15, 0.2) is 42.5 Å². The van der Waals surface area contributed by atoms with Crippen molar-refractivity contribution in [1.82, 2.24) is 0 Å². The molecule has 2 aromatic rings. The highest BCUT2D eigenvalue weighted by Crippen LogP contribution is 2.32. The lowest BCUT2D eigenvalue weighted by Crippen LogP contribution is -2.34. The molecule has 140 valence electrons. The van der Waals surface area contributed by atoms with Crippen molar-refractivity contribution in [3.05, 3.63) is 59.2 Å². The molecule has 0 atom stereocenters. The number of hydrogen-bond acceptors (Lipinski definition) is 4. The minimum absolute atomic E-state index is 0.139. The second-order valence-corrected chi connectivity index (χ2v) is 10.3. The van der Waals surface area contributed by atoms with Gasteiger partial charge < -0.3 is 0 Å². The summed E-state index contributed by atoms with van der Waals surface area (Å²) in [5.41, 5.74) is 3.58. The average Bonchev–Trinajstić information content (AvgIpc) is 2.55. The van der Waals surface area contributed by atoms with Crippen molar-refractivity contribution in [1.29, 1.82) is 0 Å². The highest BCUT2D eigenvalue weighted by molar-refractivity contribution is 7.92. The van der Waals surface area contributed by atoms with Crippen LogP contribution in [-0.4, -0.2) is 29.6 Å². The minimum atomic E-state index is -3.60. The fraction of sp³-hybridized carbons (Fsp3) is 0.333. The van der Waals surface area contributed by atoms with E-state index in [0.29, 0.717) is 23.5 Å². The molecule has 1 aliphatic heterocycles. The maximum absolute atomic E-state index is 12.5. The fourth-order valence-electron chi connectivity index (χ4n) is 3.07. The topological polar surface area (TPSA) is 83.6 Å². The first kappa shape index (κ1) is 18.7. The number of nitrogens with zero attached hydrogens (tertiary/aromatic N) is 1. The summed E-state index contributed by atoms with van der Waals surface area (Å²) in [4.78, 5) is 0. The molecule has 0 unspecified atom stereocenters. The third kappa shape index (κ3) is 4.37. The molecule has 1 N–H and O–H groups in total. The van der Waals surface area contributed by atoms with E-state index in [4.69, 9.17) is 0 Å².